The maximum atomic E-state index is 13.9. The van der Waals surface area contributed by atoms with Gasteiger partial charge in [-0.05, 0) is 12.1 Å². The highest BCUT2D eigenvalue weighted by Crippen LogP contribution is 2.34. The van der Waals surface area contributed by atoms with Crippen molar-refractivity contribution in [1.82, 2.24) is 9.78 Å². The molecular weight excluding hydrogens is 262 g/mol. The molecule has 0 bridgehead atoms. The molecule has 3 nitrogen and oxygen atoms in total. The van der Waals surface area contributed by atoms with E-state index in [0.29, 0.717) is 11.8 Å². The Morgan fingerprint density at radius 3 is 2.47 bits per heavy atom. The van der Waals surface area contributed by atoms with E-state index in [1.807, 2.05) is 0 Å². The first kappa shape index (κ1) is 13.5. The topological polar surface area (TPSA) is 43.8 Å². The van der Waals surface area contributed by atoms with Crippen LogP contribution in [0.5, 0.6) is 0 Å². The molecule has 102 valence electrons. The highest BCUT2D eigenvalue weighted by Gasteiger charge is 2.35. The molecule has 0 fully saturated rings. The minimum atomic E-state index is -4.75. The molecule has 7 heteroatoms. The molecule has 0 saturated heterocycles. The van der Waals surface area contributed by atoms with Crippen LogP contribution < -0.4 is 5.73 Å². The molecule has 0 saturated carbocycles. The summed E-state index contributed by atoms with van der Waals surface area (Å²) in [5, 5.41) is 3.96. The monoisotopic (exact) mass is 273 g/mol. The SMILES string of the molecule is Cn1ccc(C(N)c2cccc(C(F)(F)F)c2F)n1. The van der Waals surface area contributed by atoms with Crippen molar-refractivity contribution in [2.24, 2.45) is 12.8 Å². The Morgan fingerprint density at radius 1 is 1.26 bits per heavy atom. The first-order valence-electron chi connectivity index (χ1n) is 5.41. The maximum Gasteiger partial charge on any atom is 0.419 e. The highest BCUT2D eigenvalue weighted by molar-refractivity contribution is 5.34. The van der Waals surface area contributed by atoms with Gasteiger partial charge in [-0.25, -0.2) is 4.39 Å². The second kappa shape index (κ2) is 4.65. The number of rotatable bonds is 2. The molecule has 1 unspecified atom stereocenters. The Morgan fingerprint density at radius 2 is 1.95 bits per heavy atom. The number of halogens is 4. The van der Waals surface area contributed by atoms with Crippen molar-refractivity contribution < 1.29 is 17.6 Å². The van der Waals surface area contributed by atoms with Crippen molar-refractivity contribution in [3.8, 4) is 0 Å². The van der Waals surface area contributed by atoms with Gasteiger partial charge in [0.2, 0.25) is 0 Å². The largest absolute Gasteiger partial charge is 0.419 e. The third kappa shape index (κ3) is 2.60. The van der Waals surface area contributed by atoms with Crippen LogP contribution in [0.15, 0.2) is 30.5 Å². The lowest BCUT2D eigenvalue weighted by Crippen LogP contribution is -2.18. The van der Waals surface area contributed by atoms with Crippen LogP contribution in [0, 0.1) is 5.82 Å². The number of aromatic nitrogens is 2. The summed E-state index contributed by atoms with van der Waals surface area (Å²) in [5.74, 6) is -1.35. The van der Waals surface area contributed by atoms with E-state index in [2.05, 4.69) is 5.10 Å². The van der Waals surface area contributed by atoms with Gasteiger partial charge in [0.05, 0.1) is 17.3 Å². The average molecular weight is 273 g/mol. The van der Waals surface area contributed by atoms with E-state index in [4.69, 9.17) is 5.73 Å². The quantitative estimate of drug-likeness (QED) is 0.855. The second-order valence-corrected chi connectivity index (χ2v) is 4.10. The van der Waals surface area contributed by atoms with Gasteiger partial charge >= 0.3 is 6.18 Å². The molecule has 1 aromatic carbocycles. The summed E-state index contributed by atoms with van der Waals surface area (Å²) in [6, 6.07) is 3.53. The molecular formula is C12H11F4N3. The van der Waals surface area contributed by atoms with Crippen molar-refractivity contribution >= 4 is 0 Å². The number of nitrogens with two attached hydrogens (primary N) is 1. The zero-order valence-electron chi connectivity index (χ0n) is 9.95. The second-order valence-electron chi connectivity index (χ2n) is 4.10. The molecule has 2 rings (SSSR count). The molecule has 0 aliphatic heterocycles. The Hall–Kier alpha value is -1.89. The summed E-state index contributed by atoms with van der Waals surface area (Å²) in [6.45, 7) is 0. The van der Waals surface area contributed by atoms with Crippen LogP contribution in [0.4, 0.5) is 17.6 Å². The molecule has 2 aromatic rings. The van der Waals surface area contributed by atoms with E-state index in [9.17, 15) is 17.6 Å². The van der Waals surface area contributed by atoms with Gasteiger partial charge in [0, 0.05) is 18.8 Å². The predicted octanol–water partition coefficient (Wildman–Crippen LogP) is 2.63. The number of hydrogen-bond acceptors (Lipinski definition) is 2. The lowest BCUT2D eigenvalue weighted by atomic mass is 10.0. The van der Waals surface area contributed by atoms with Crippen LogP contribution in [0.2, 0.25) is 0 Å². The zero-order valence-corrected chi connectivity index (χ0v) is 9.95. The number of benzene rings is 1. The molecule has 0 aliphatic carbocycles. The fraction of sp³-hybridized carbons (Fsp3) is 0.250. The predicted molar refractivity (Wildman–Crippen MR) is 60.6 cm³/mol. The fourth-order valence-corrected chi connectivity index (χ4v) is 1.77. The van der Waals surface area contributed by atoms with E-state index in [1.165, 1.54) is 16.8 Å². The summed E-state index contributed by atoms with van der Waals surface area (Å²) in [7, 11) is 1.64. The molecule has 0 amide bonds. The van der Waals surface area contributed by atoms with E-state index in [1.54, 1.807) is 13.2 Å². The van der Waals surface area contributed by atoms with Crippen LogP contribution in [0.3, 0.4) is 0 Å². The summed E-state index contributed by atoms with van der Waals surface area (Å²) < 4.78 is 53.1. The third-order valence-electron chi connectivity index (χ3n) is 2.72. The smallest absolute Gasteiger partial charge is 0.319 e. The number of hydrogen-bond donors (Lipinski definition) is 1. The molecule has 19 heavy (non-hydrogen) atoms. The van der Waals surface area contributed by atoms with E-state index in [0.717, 1.165) is 6.07 Å². The molecule has 0 aliphatic rings. The highest BCUT2D eigenvalue weighted by atomic mass is 19.4. The average Bonchev–Trinajstić information content (AvgIpc) is 2.74. The minimum absolute atomic E-state index is 0.228. The first-order valence-corrected chi connectivity index (χ1v) is 5.41. The van der Waals surface area contributed by atoms with Gasteiger partial charge in [-0.3, -0.25) is 4.68 Å². The minimum Gasteiger partial charge on any atom is -0.319 e. The maximum absolute atomic E-state index is 13.9. The van der Waals surface area contributed by atoms with E-state index >= 15 is 0 Å². The van der Waals surface area contributed by atoms with Crippen molar-refractivity contribution in [2.75, 3.05) is 0 Å². The van der Waals surface area contributed by atoms with Gasteiger partial charge in [0.25, 0.3) is 0 Å². The van der Waals surface area contributed by atoms with E-state index < -0.39 is 23.6 Å². The number of aryl methyl sites for hydroxylation is 1. The summed E-state index contributed by atoms with van der Waals surface area (Å²) in [5.41, 5.74) is 4.51. The van der Waals surface area contributed by atoms with Crippen LogP contribution in [0.1, 0.15) is 22.9 Å². The van der Waals surface area contributed by atoms with Crippen LogP contribution >= 0.6 is 0 Å². The van der Waals surface area contributed by atoms with Gasteiger partial charge in [0.1, 0.15) is 5.82 Å². The standard InChI is InChI=1S/C12H11F4N3/c1-19-6-5-9(18-19)11(17)7-3-2-4-8(10(7)13)12(14,15)16/h2-6,11H,17H2,1H3. The van der Waals surface area contributed by atoms with Gasteiger partial charge in [0.15, 0.2) is 0 Å². The molecule has 0 radical (unpaired) electrons. The summed E-state index contributed by atoms with van der Waals surface area (Å²) in [4.78, 5) is 0. The van der Waals surface area contributed by atoms with Gasteiger partial charge < -0.3 is 5.73 Å². The van der Waals surface area contributed by atoms with Crippen molar-refractivity contribution in [3.63, 3.8) is 0 Å². The number of nitrogens with zero attached hydrogens (tertiary/aromatic N) is 2. The van der Waals surface area contributed by atoms with Crippen LogP contribution in [-0.2, 0) is 13.2 Å². The van der Waals surface area contributed by atoms with Crippen LogP contribution in [-0.4, -0.2) is 9.78 Å². The molecule has 2 N–H and O–H groups in total. The Bertz CT molecular complexity index is 589. The third-order valence-corrected chi connectivity index (χ3v) is 2.72. The lowest BCUT2D eigenvalue weighted by molar-refractivity contribution is -0.140. The molecule has 1 heterocycles. The van der Waals surface area contributed by atoms with Gasteiger partial charge in [-0.15, -0.1) is 0 Å². The Labute approximate surface area is 106 Å². The van der Waals surface area contributed by atoms with Gasteiger partial charge in [-0.1, -0.05) is 12.1 Å². The van der Waals surface area contributed by atoms with Crippen molar-refractivity contribution in [3.05, 3.63) is 53.1 Å². The van der Waals surface area contributed by atoms with Crippen molar-refractivity contribution in [1.29, 1.82) is 0 Å². The van der Waals surface area contributed by atoms with E-state index in [-0.39, 0.29) is 5.56 Å². The fourth-order valence-electron chi connectivity index (χ4n) is 1.77. The molecule has 1 aromatic heterocycles. The summed E-state index contributed by atoms with van der Waals surface area (Å²) >= 11 is 0. The van der Waals surface area contributed by atoms with Gasteiger partial charge in [-0.2, -0.15) is 18.3 Å². The molecule has 1 atom stereocenters. The van der Waals surface area contributed by atoms with Crippen molar-refractivity contribution in [2.45, 2.75) is 12.2 Å². The first-order chi connectivity index (χ1) is 8.80. The lowest BCUT2D eigenvalue weighted by Gasteiger charge is -2.14. The number of alkyl halides is 3. The summed E-state index contributed by atoms with van der Waals surface area (Å²) in [6.07, 6.45) is -3.16. The Kier molecular flexibility index (Phi) is 3.32. The molecule has 0 spiro atoms. The normalized spacial score (nSPS) is 13.6. The van der Waals surface area contributed by atoms with Crippen LogP contribution in [0.25, 0.3) is 0 Å². The Balaban J connectivity index is 2.46. The zero-order chi connectivity index (χ0) is 14.2.